The molecule has 2 N–H and O–H groups in total. The van der Waals surface area contributed by atoms with Gasteiger partial charge in [0, 0.05) is 11.6 Å². The predicted octanol–water partition coefficient (Wildman–Crippen LogP) is 1.45. The second-order valence-corrected chi connectivity index (χ2v) is 6.29. The van der Waals surface area contributed by atoms with E-state index in [9.17, 15) is 9.59 Å². The zero-order chi connectivity index (χ0) is 19.5. The smallest absolute Gasteiger partial charge is 0.358 e. The minimum absolute atomic E-state index is 0.153. The van der Waals surface area contributed by atoms with Gasteiger partial charge in [0.25, 0.3) is 0 Å². The number of carboxylic acids is 1. The number of carboxylic acid groups (broad SMARTS) is 1. The molecule has 3 aromatic rings. The van der Waals surface area contributed by atoms with Crippen molar-refractivity contribution in [3.05, 3.63) is 47.9 Å². The van der Waals surface area contributed by atoms with Crippen LogP contribution >= 0.6 is 0 Å². The van der Waals surface area contributed by atoms with Crippen LogP contribution in [0.15, 0.2) is 35.0 Å². The van der Waals surface area contributed by atoms with Crippen LogP contribution in [0.1, 0.15) is 41.0 Å². The standard InChI is InChI=1S/C17H16N6O5/c24-15(8-23-7-13(17(25)26)20-22-23)18-11-3-5-12(6-4-11)27-9-14-19-16(28-21-14)10-1-2-10/h3-7,10H,1-2,8-9H2,(H,18,24)(H,25,26). The number of benzene rings is 1. The van der Waals surface area contributed by atoms with Gasteiger partial charge in [-0.15, -0.1) is 5.10 Å². The van der Waals surface area contributed by atoms with Crippen molar-refractivity contribution in [2.45, 2.75) is 31.9 Å². The monoisotopic (exact) mass is 384 g/mol. The summed E-state index contributed by atoms with van der Waals surface area (Å²) in [5.74, 6) is 0.588. The lowest BCUT2D eigenvalue weighted by molar-refractivity contribution is -0.116. The normalized spacial score (nSPS) is 13.3. The van der Waals surface area contributed by atoms with Gasteiger partial charge in [-0.05, 0) is 37.1 Å². The number of nitrogens with zero attached hydrogens (tertiary/aromatic N) is 5. The first kappa shape index (κ1) is 17.6. The zero-order valence-electron chi connectivity index (χ0n) is 14.6. The molecule has 0 atom stereocenters. The molecule has 2 heterocycles. The molecule has 2 aromatic heterocycles. The largest absolute Gasteiger partial charge is 0.485 e. The number of hydrogen-bond acceptors (Lipinski definition) is 8. The van der Waals surface area contributed by atoms with E-state index in [1.165, 1.54) is 6.20 Å². The van der Waals surface area contributed by atoms with Crippen LogP contribution in [-0.2, 0) is 17.9 Å². The molecule has 0 aliphatic heterocycles. The highest BCUT2D eigenvalue weighted by atomic mass is 16.5. The van der Waals surface area contributed by atoms with Gasteiger partial charge in [-0.1, -0.05) is 10.4 Å². The number of amides is 1. The van der Waals surface area contributed by atoms with Crippen LogP contribution < -0.4 is 10.1 Å². The molecule has 1 amide bonds. The SMILES string of the molecule is O=C(Cn1cc(C(=O)O)nn1)Nc1ccc(OCc2noc(C3CC3)n2)cc1. The number of aromatic carboxylic acids is 1. The van der Waals surface area contributed by atoms with E-state index in [1.54, 1.807) is 24.3 Å². The fourth-order valence-electron chi connectivity index (χ4n) is 2.43. The van der Waals surface area contributed by atoms with Gasteiger partial charge in [-0.25, -0.2) is 9.48 Å². The summed E-state index contributed by atoms with van der Waals surface area (Å²) in [6.45, 7) is 0.0415. The maximum atomic E-state index is 12.0. The highest BCUT2D eigenvalue weighted by Crippen LogP contribution is 2.38. The summed E-state index contributed by atoms with van der Waals surface area (Å²) >= 11 is 0. The first-order valence-corrected chi connectivity index (χ1v) is 8.55. The van der Waals surface area contributed by atoms with Gasteiger partial charge in [0.15, 0.2) is 12.3 Å². The summed E-state index contributed by atoms with van der Waals surface area (Å²) in [5, 5.41) is 22.4. The molecule has 0 bridgehead atoms. The van der Waals surface area contributed by atoms with Gasteiger partial charge in [0.2, 0.25) is 17.6 Å². The Balaban J connectivity index is 1.27. The van der Waals surface area contributed by atoms with Crippen LogP contribution in [-0.4, -0.2) is 42.1 Å². The predicted molar refractivity (Wildman–Crippen MR) is 92.7 cm³/mol. The van der Waals surface area contributed by atoms with Crippen LogP contribution in [0, 0.1) is 0 Å². The van der Waals surface area contributed by atoms with E-state index in [1.807, 2.05) is 0 Å². The third-order valence-electron chi connectivity index (χ3n) is 3.98. The minimum Gasteiger partial charge on any atom is -0.485 e. The molecule has 1 fully saturated rings. The molecule has 144 valence electrons. The molecule has 1 saturated carbocycles. The number of aromatic nitrogens is 5. The van der Waals surface area contributed by atoms with Crippen molar-refractivity contribution >= 4 is 17.6 Å². The maximum absolute atomic E-state index is 12.0. The summed E-state index contributed by atoms with van der Waals surface area (Å²) in [6.07, 6.45) is 3.37. The number of anilines is 1. The molecule has 11 nitrogen and oxygen atoms in total. The second kappa shape index (κ2) is 7.47. The van der Waals surface area contributed by atoms with E-state index < -0.39 is 5.97 Å². The van der Waals surface area contributed by atoms with Crippen molar-refractivity contribution in [2.75, 3.05) is 5.32 Å². The zero-order valence-corrected chi connectivity index (χ0v) is 14.6. The summed E-state index contributed by atoms with van der Waals surface area (Å²) in [4.78, 5) is 27.1. The Morgan fingerprint density at radius 3 is 2.75 bits per heavy atom. The molecule has 11 heteroatoms. The molecule has 0 spiro atoms. The lowest BCUT2D eigenvalue weighted by atomic mass is 10.3. The van der Waals surface area contributed by atoms with Gasteiger partial charge < -0.3 is 19.7 Å². The van der Waals surface area contributed by atoms with Crippen molar-refractivity contribution in [3.63, 3.8) is 0 Å². The molecule has 28 heavy (non-hydrogen) atoms. The molecular weight excluding hydrogens is 368 g/mol. The lowest BCUT2D eigenvalue weighted by Gasteiger charge is -2.07. The fourth-order valence-corrected chi connectivity index (χ4v) is 2.43. The number of ether oxygens (including phenoxy) is 1. The third-order valence-corrected chi connectivity index (χ3v) is 3.98. The summed E-state index contributed by atoms with van der Waals surface area (Å²) < 4.78 is 11.9. The summed E-state index contributed by atoms with van der Waals surface area (Å²) in [7, 11) is 0. The molecule has 0 saturated heterocycles. The van der Waals surface area contributed by atoms with E-state index in [4.69, 9.17) is 14.4 Å². The highest BCUT2D eigenvalue weighted by Gasteiger charge is 2.29. The Morgan fingerprint density at radius 2 is 2.07 bits per heavy atom. The number of hydrogen-bond donors (Lipinski definition) is 2. The molecule has 1 aromatic carbocycles. The van der Waals surface area contributed by atoms with Crippen LogP contribution in [0.4, 0.5) is 5.69 Å². The Bertz CT molecular complexity index is 992. The third kappa shape index (κ3) is 4.31. The quantitative estimate of drug-likeness (QED) is 0.589. The number of nitrogens with one attached hydrogen (secondary N) is 1. The Morgan fingerprint density at radius 1 is 1.29 bits per heavy atom. The van der Waals surface area contributed by atoms with Crippen LogP contribution in [0.3, 0.4) is 0 Å². The Kier molecular flexibility index (Phi) is 4.70. The molecule has 0 unspecified atom stereocenters. The number of carbonyl (C=O) groups is 2. The average Bonchev–Trinajstić information content (AvgIpc) is 3.23. The van der Waals surface area contributed by atoms with Crippen LogP contribution in [0.2, 0.25) is 0 Å². The van der Waals surface area contributed by atoms with Crippen molar-refractivity contribution in [2.24, 2.45) is 0 Å². The van der Waals surface area contributed by atoms with Gasteiger partial charge >= 0.3 is 5.97 Å². The first-order valence-electron chi connectivity index (χ1n) is 8.55. The first-order chi connectivity index (χ1) is 13.6. The van der Waals surface area contributed by atoms with Crippen molar-refractivity contribution in [3.8, 4) is 5.75 Å². The van der Waals surface area contributed by atoms with Crippen molar-refractivity contribution in [1.29, 1.82) is 0 Å². The van der Waals surface area contributed by atoms with E-state index in [-0.39, 0.29) is 24.8 Å². The Labute approximate surface area is 158 Å². The molecule has 1 aliphatic rings. The van der Waals surface area contributed by atoms with Gasteiger partial charge in [-0.2, -0.15) is 4.98 Å². The van der Waals surface area contributed by atoms with Gasteiger partial charge in [0.1, 0.15) is 12.3 Å². The van der Waals surface area contributed by atoms with E-state index in [0.29, 0.717) is 29.1 Å². The topological polar surface area (TPSA) is 145 Å². The minimum atomic E-state index is -1.20. The van der Waals surface area contributed by atoms with Gasteiger partial charge in [0.05, 0.1) is 6.20 Å². The van der Waals surface area contributed by atoms with E-state index >= 15 is 0 Å². The van der Waals surface area contributed by atoms with Gasteiger partial charge in [-0.3, -0.25) is 4.79 Å². The molecule has 4 rings (SSSR count). The van der Waals surface area contributed by atoms with E-state index in [0.717, 1.165) is 17.5 Å². The number of carbonyl (C=O) groups excluding carboxylic acids is 1. The van der Waals surface area contributed by atoms with Crippen LogP contribution in [0.5, 0.6) is 5.75 Å². The highest BCUT2D eigenvalue weighted by molar-refractivity contribution is 5.90. The Hall–Kier alpha value is -3.76. The van der Waals surface area contributed by atoms with Crippen molar-refractivity contribution < 1.29 is 24.0 Å². The van der Waals surface area contributed by atoms with Crippen LogP contribution in [0.25, 0.3) is 0 Å². The molecule has 1 aliphatic carbocycles. The molecular formula is C17H16N6O5. The van der Waals surface area contributed by atoms with E-state index in [2.05, 4.69) is 25.8 Å². The lowest BCUT2D eigenvalue weighted by Crippen LogP contribution is -2.19. The fraction of sp³-hybridized carbons (Fsp3) is 0.294. The second-order valence-electron chi connectivity index (χ2n) is 6.29. The maximum Gasteiger partial charge on any atom is 0.358 e. The summed E-state index contributed by atoms with van der Waals surface area (Å²) in [5.41, 5.74) is 0.339. The van der Waals surface area contributed by atoms with Crippen molar-refractivity contribution in [1.82, 2.24) is 25.1 Å². The number of rotatable bonds is 8. The molecule has 0 radical (unpaired) electrons. The average molecular weight is 384 g/mol. The summed E-state index contributed by atoms with van der Waals surface area (Å²) in [6, 6.07) is 6.77.